The lowest BCUT2D eigenvalue weighted by atomic mass is 10.2. The Bertz CT molecular complexity index is 1630. The van der Waals surface area contributed by atoms with Crippen molar-refractivity contribution < 1.29 is 18.7 Å². The summed E-state index contributed by atoms with van der Waals surface area (Å²) in [6, 6.07) is 22.0. The summed E-state index contributed by atoms with van der Waals surface area (Å²) < 4.78 is 21.7. The highest BCUT2D eigenvalue weighted by molar-refractivity contribution is 7.21. The van der Waals surface area contributed by atoms with E-state index in [1.54, 1.807) is 48.7 Å². The number of nitrogens with zero attached hydrogens (tertiary/aromatic N) is 3. The van der Waals surface area contributed by atoms with E-state index in [-0.39, 0.29) is 18.1 Å². The van der Waals surface area contributed by atoms with E-state index in [0.717, 1.165) is 10.1 Å². The second kappa shape index (κ2) is 10.7. The molecule has 3 aromatic carbocycles. The molecular formula is C27H18ClFN4O3S. The van der Waals surface area contributed by atoms with E-state index in [1.807, 2.05) is 24.3 Å². The average molecular weight is 533 g/mol. The van der Waals surface area contributed by atoms with Crippen molar-refractivity contribution in [3.05, 3.63) is 118 Å². The molecule has 1 N–H and O–H groups in total. The SMILES string of the molecule is O=C(N/N=C\c1ccc(OC(=O)c2sc3ccccc3c2Cl)cc1)c1ccn(Cc2ccccc2F)n1. The first-order valence-corrected chi connectivity index (χ1v) is 12.3. The Morgan fingerprint density at radius 1 is 1.05 bits per heavy atom. The highest BCUT2D eigenvalue weighted by atomic mass is 35.5. The van der Waals surface area contributed by atoms with Gasteiger partial charge in [-0.05, 0) is 48.0 Å². The topological polar surface area (TPSA) is 85.6 Å². The summed E-state index contributed by atoms with van der Waals surface area (Å²) in [6.07, 6.45) is 3.04. The number of rotatable bonds is 7. The molecule has 2 aromatic heterocycles. The number of hydrogen-bond acceptors (Lipinski definition) is 6. The minimum absolute atomic E-state index is 0.149. The molecule has 5 aromatic rings. The first-order chi connectivity index (χ1) is 18.0. The van der Waals surface area contributed by atoms with Crippen molar-refractivity contribution in [1.29, 1.82) is 0 Å². The first-order valence-electron chi connectivity index (χ1n) is 11.1. The number of fused-ring (bicyclic) bond motifs is 1. The van der Waals surface area contributed by atoms with Gasteiger partial charge in [0.25, 0.3) is 5.91 Å². The molecule has 0 aliphatic rings. The maximum Gasteiger partial charge on any atom is 0.355 e. The molecule has 0 unspecified atom stereocenters. The number of hydrogen-bond donors (Lipinski definition) is 1. The fourth-order valence-electron chi connectivity index (χ4n) is 3.52. The van der Waals surface area contributed by atoms with Gasteiger partial charge in [-0.15, -0.1) is 11.3 Å². The van der Waals surface area contributed by atoms with Gasteiger partial charge in [0.1, 0.15) is 16.4 Å². The third kappa shape index (κ3) is 5.58. The number of carbonyl (C=O) groups excluding carboxylic acids is 2. The quantitative estimate of drug-likeness (QED) is 0.122. The summed E-state index contributed by atoms with van der Waals surface area (Å²) in [5.41, 5.74) is 3.69. The number of esters is 1. The van der Waals surface area contributed by atoms with Gasteiger partial charge in [-0.25, -0.2) is 14.6 Å². The monoisotopic (exact) mass is 532 g/mol. The van der Waals surface area contributed by atoms with Gasteiger partial charge in [0, 0.05) is 21.8 Å². The third-order valence-corrected chi connectivity index (χ3v) is 7.01. The van der Waals surface area contributed by atoms with Crippen molar-refractivity contribution in [3.63, 3.8) is 0 Å². The summed E-state index contributed by atoms with van der Waals surface area (Å²) in [4.78, 5) is 25.3. The van der Waals surface area contributed by atoms with Crippen LogP contribution in [-0.4, -0.2) is 27.9 Å². The number of nitrogens with one attached hydrogen (secondary N) is 1. The molecule has 0 aliphatic heterocycles. The Labute approximate surface area is 219 Å². The van der Waals surface area contributed by atoms with Crippen LogP contribution in [0.2, 0.25) is 5.02 Å². The lowest BCUT2D eigenvalue weighted by molar-refractivity contribution is 0.0739. The summed E-state index contributed by atoms with van der Waals surface area (Å²) in [5.74, 6) is -1.03. The Morgan fingerprint density at radius 2 is 1.81 bits per heavy atom. The van der Waals surface area contributed by atoms with Crippen LogP contribution in [0, 0.1) is 5.82 Å². The normalized spacial score (nSPS) is 11.2. The van der Waals surface area contributed by atoms with Crippen molar-refractivity contribution >= 4 is 51.1 Å². The molecule has 0 fully saturated rings. The van der Waals surface area contributed by atoms with Gasteiger partial charge in [0.2, 0.25) is 0 Å². The second-order valence-corrected chi connectivity index (χ2v) is 9.32. The zero-order valence-corrected chi connectivity index (χ0v) is 20.7. The van der Waals surface area contributed by atoms with Gasteiger partial charge in [0.15, 0.2) is 5.69 Å². The molecule has 2 heterocycles. The lowest BCUT2D eigenvalue weighted by Crippen LogP contribution is -2.18. The fraction of sp³-hybridized carbons (Fsp3) is 0.0370. The van der Waals surface area contributed by atoms with Crippen LogP contribution in [0.5, 0.6) is 5.75 Å². The van der Waals surface area contributed by atoms with Crippen molar-refractivity contribution in [2.75, 3.05) is 0 Å². The molecule has 0 radical (unpaired) electrons. The first kappa shape index (κ1) is 24.4. The van der Waals surface area contributed by atoms with Crippen LogP contribution in [0.3, 0.4) is 0 Å². The highest BCUT2D eigenvalue weighted by Gasteiger charge is 2.19. The number of thiophene rings is 1. The minimum Gasteiger partial charge on any atom is -0.422 e. The molecular weight excluding hydrogens is 515 g/mol. The van der Waals surface area contributed by atoms with Crippen LogP contribution in [0.15, 0.2) is 90.2 Å². The molecule has 0 bridgehead atoms. The Kier molecular flexibility index (Phi) is 7.07. The number of ether oxygens (including phenoxy) is 1. The van der Waals surface area contributed by atoms with E-state index in [0.29, 0.717) is 26.8 Å². The largest absolute Gasteiger partial charge is 0.422 e. The van der Waals surface area contributed by atoms with E-state index in [4.69, 9.17) is 16.3 Å². The molecule has 5 rings (SSSR count). The van der Waals surface area contributed by atoms with Crippen LogP contribution < -0.4 is 10.2 Å². The van der Waals surface area contributed by atoms with E-state index in [9.17, 15) is 14.0 Å². The molecule has 37 heavy (non-hydrogen) atoms. The molecule has 1 amide bonds. The molecule has 184 valence electrons. The molecule has 0 saturated heterocycles. The number of carbonyl (C=O) groups is 2. The molecule has 7 nitrogen and oxygen atoms in total. The van der Waals surface area contributed by atoms with Crippen LogP contribution in [0.1, 0.15) is 31.3 Å². The van der Waals surface area contributed by atoms with E-state index < -0.39 is 11.9 Å². The number of halogens is 2. The maximum absolute atomic E-state index is 13.8. The van der Waals surface area contributed by atoms with E-state index in [2.05, 4.69) is 15.6 Å². The van der Waals surface area contributed by atoms with Crippen molar-refractivity contribution in [2.24, 2.45) is 5.10 Å². The smallest absolute Gasteiger partial charge is 0.355 e. The van der Waals surface area contributed by atoms with Crippen LogP contribution in [0.4, 0.5) is 4.39 Å². The Hall–Kier alpha value is -4.34. The average Bonchev–Trinajstić information content (AvgIpc) is 3.51. The molecule has 0 saturated carbocycles. The summed E-state index contributed by atoms with van der Waals surface area (Å²) in [5, 5.41) is 9.29. The van der Waals surface area contributed by atoms with Gasteiger partial charge in [-0.1, -0.05) is 48.0 Å². The molecule has 0 atom stereocenters. The zero-order valence-electron chi connectivity index (χ0n) is 19.1. The summed E-state index contributed by atoms with van der Waals surface area (Å²) in [6.45, 7) is 0.204. The van der Waals surface area contributed by atoms with Gasteiger partial charge in [-0.3, -0.25) is 9.48 Å². The Balaban J connectivity index is 1.16. The standard InChI is InChI=1S/C27H18ClFN4O3S/c28-24-20-6-2-4-8-23(20)37-25(24)27(35)36-19-11-9-17(10-12-19)15-30-31-26(34)22-13-14-33(32-22)16-18-5-1-3-7-21(18)29/h1-15H,16H2,(H,31,34)/b30-15-. The number of aromatic nitrogens is 2. The highest BCUT2D eigenvalue weighted by Crippen LogP contribution is 2.35. The maximum atomic E-state index is 13.8. The van der Waals surface area contributed by atoms with E-state index >= 15 is 0 Å². The minimum atomic E-state index is -0.533. The number of benzene rings is 3. The molecule has 0 aliphatic carbocycles. The zero-order chi connectivity index (χ0) is 25.8. The number of amides is 1. The van der Waals surface area contributed by atoms with Gasteiger partial charge in [0.05, 0.1) is 17.8 Å². The Morgan fingerprint density at radius 3 is 2.59 bits per heavy atom. The predicted octanol–water partition coefficient (Wildman–Crippen LogP) is 5.92. The fourth-order valence-corrected chi connectivity index (χ4v) is 4.90. The molecule has 0 spiro atoms. The van der Waals surface area contributed by atoms with E-state index in [1.165, 1.54) is 34.4 Å². The summed E-state index contributed by atoms with van der Waals surface area (Å²) in [7, 11) is 0. The molecule has 10 heteroatoms. The van der Waals surface area contributed by atoms with Crippen molar-refractivity contribution in [2.45, 2.75) is 6.54 Å². The van der Waals surface area contributed by atoms with Crippen LogP contribution in [-0.2, 0) is 6.54 Å². The lowest BCUT2D eigenvalue weighted by Gasteiger charge is -2.03. The second-order valence-electron chi connectivity index (χ2n) is 7.89. The summed E-state index contributed by atoms with van der Waals surface area (Å²) >= 11 is 7.63. The van der Waals surface area contributed by atoms with Crippen molar-refractivity contribution in [1.82, 2.24) is 15.2 Å². The third-order valence-electron chi connectivity index (χ3n) is 5.35. The van der Waals surface area contributed by atoms with Gasteiger partial charge < -0.3 is 4.74 Å². The van der Waals surface area contributed by atoms with Gasteiger partial charge >= 0.3 is 5.97 Å². The van der Waals surface area contributed by atoms with Crippen molar-refractivity contribution in [3.8, 4) is 5.75 Å². The van der Waals surface area contributed by atoms with Crippen LogP contribution >= 0.6 is 22.9 Å². The van der Waals surface area contributed by atoms with Gasteiger partial charge in [-0.2, -0.15) is 10.2 Å². The number of hydrazone groups is 1. The predicted molar refractivity (Wildman–Crippen MR) is 141 cm³/mol. The van der Waals surface area contributed by atoms with Crippen LogP contribution in [0.25, 0.3) is 10.1 Å².